The molecule has 29 heavy (non-hydrogen) atoms. The van der Waals surface area contributed by atoms with E-state index in [0.717, 1.165) is 17.2 Å². The van der Waals surface area contributed by atoms with Crippen molar-refractivity contribution in [2.45, 2.75) is 20.3 Å². The second kappa shape index (κ2) is 9.01. The Morgan fingerprint density at radius 2 is 1.86 bits per heavy atom. The van der Waals surface area contributed by atoms with Crippen molar-refractivity contribution in [2.24, 2.45) is 0 Å². The monoisotopic (exact) mass is 392 g/mol. The first-order valence-electron chi connectivity index (χ1n) is 9.17. The quantitative estimate of drug-likeness (QED) is 0.693. The summed E-state index contributed by atoms with van der Waals surface area (Å²) in [5, 5.41) is 9.16. The van der Waals surface area contributed by atoms with E-state index in [0.29, 0.717) is 35.1 Å². The van der Waals surface area contributed by atoms with Crippen molar-refractivity contribution >= 4 is 23.2 Å². The number of ether oxygens (including phenoxy) is 1. The summed E-state index contributed by atoms with van der Waals surface area (Å²) in [6.07, 6.45) is 9.79. The van der Waals surface area contributed by atoms with Gasteiger partial charge in [-0.25, -0.2) is 15.0 Å². The first-order valence-corrected chi connectivity index (χ1v) is 9.17. The Hall–Kier alpha value is -3.68. The van der Waals surface area contributed by atoms with Crippen molar-refractivity contribution in [3.05, 3.63) is 71.2 Å². The molecule has 0 saturated carbocycles. The van der Waals surface area contributed by atoms with Crippen LogP contribution in [0.5, 0.6) is 0 Å². The number of amides is 1. The van der Waals surface area contributed by atoms with Crippen molar-refractivity contribution in [3.63, 3.8) is 0 Å². The minimum absolute atomic E-state index is 0.229. The largest absolute Gasteiger partial charge is 0.501 e. The van der Waals surface area contributed by atoms with Gasteiger partial charge in [-0.15, -0.1) is 0 Å². The number of allylic oxidation sites excluding steroid dienone is 4. The molecule has 2 heterocycles. The number of rotatable bonds is 6. The van der Waals surface area contributed by atoms with Gasteiger partial charge in [0.1, 0.15) is 23.2 Å². The fourth-order valence-corrected chi connectivity index (χ4v) is 2.89. The summed E-state index contributed by atoms with van der Waals surface area (Å²) in [4.78, 5) is 25.3. The maximum Gasteiger partial charge on any atom is 0.254 e. The van der Waals surface area contributed by atoms with Gasteiger partial charge in [0, 0.05) is 43.2 Å². The molecule has 3 N–H and O–H groups in total. The van der Waals surface area contributed by atoms with E-state index in [4.69, 9.17) is 4.74 Å². The minimum atomic E-state index is -0.229. The lowest BCUT2D eigenvalue weighted by Crippen LogP contribution is -2.20. The van der Waals surface area contributed by atoms with E-state index in [2.05, 4.69) is 30.9 Å². The molecule has 1 aliphatic carbocycles. The molecule has 0 aliphatic heterocycles. The lowest BCUT2D eigenvalue weighted by molar-refractivity contribution is 0.0963. The maximum absolute atomic E-state index is 12.3. The normalized spacial score (nSPS) is 13.1. The lowest BCUT2D eigenvalue weighted by atomic mass is 10.2. The van der Waals surface area contributed by atoms with Crippen LogP contribution in [0.3, 0.4) is 0 Å². The Bertz CT molecular complexity index is 990. The van der Waals surface area contributed by atoms with Gasteiger partial charge in [0.15, 0.2) is 0 Å². The Balaban J connectivity index is 1.92. The zero-order chi connectivity index (χ0) is 20.8. The van der Waals surface area contributed by atoms with Crippen LogP contribution in [-0.2, 0) is 4.74 Å². The number of hydrogen-bond acceptors (Lipinski definition) is 7. The molecule has 0 radical (unpaired) electrons. The highest BCUT2D eigenvalue weighted by molar-refractivity contribution is 6.00. The summed E-state index contributed by atoms with van der Waals surface area (Å²) >= 11 is 0. The van der Waals surface area contributed by atoms with E-state index in [-0.39, 0.29) is 5.91 Å². The number of aryl methyl sites for hydroxylation is 2. The van der Waals surface area contributed by atoms with E-state index in [1.165, 1.54) is 6.20 Å². The van der Waals surface area contributed by atoms with Crippen molar-refractivity contribution < 1.29 is 9.53 Å². The van der Waals surface area contributed by atoms with Crippen LogP contribution in [0.2, 0.25) is 0 Å². The van der Waals surface area contributed by atoms with E-state index >= 15 is 0 Å². The van der Waals surface area contributed by atoms with Gasteiger partial charge < -0.3 is 20.7 Å². The number of carbonyl (C=O) groups excluding carboxylic acids is 1. The zero-order valence-corrected chi connectivity index (χ0v) is 16.9. The van der Waals surface area contributed by atoms with E-state index in [1.807, 2.05) is 44.2 Å². The Morgan fingerprint density at radius 1 is 1.07 bits per heavy atom. The second-order valence-electron chi connectivity index (χ2n) is 6.48. The molecule has 0 aromatic carbocycles. The van der Waals surface area contributed by atoms with Crippen LogP contribution in [0.25, 0.3) is 0 Å². The number of pyridine rings is 1. The molecule has 150 valence electrons. The summed E-state index contributed by atoms with van der Waals surface area (Å²) < 4.78 is 5.37. The summed E-state index contributed by atoms with van der Waals surface area (Å²) in [6, 6.07) is 3.62. The van der Waals surface area contributed by atoms with Crippen molar-refractivity contribution in [1.82, 2.24) is 20.3 Å². The van der Waals surface area contributed by atoms with Gasteiger partial charge >= 0.3 is 0 Å². The molecule has 0 fully saturated rings. The maximum atomic E-state index is 12.3. The second-order valence-corrected chi connectivity index (χ2v) is 6.48. The van der Waals surface area contributed by atoms with Gasteiger partial charge in [-0.05, 0) is 26.0 Å². The molecule has 0 unspecified atom stereocenters. The molecule has 1 amide bonds. The standard InChI is InChI=1S/C21H24N6O2/c1-13-9-20(25-14(2)24-13)27-19-11-18(17(12-23-19)21(28)22-3)26-15-7-5-6-8-16(10-15)29-4/h5-9,11-12H,10H2,1-4H3,(H,22,28)(H2,23,24,25,26,27). The van der Waals surface area contributed by atoms with Crippen LogP contribution in [0, 0.1) is 13.8 Å². The molecular formula is C21H24N6O2. The van der Waals surface area contributed by atoms with E-state index in [1.54, 1.807) is 20.2 Å². The molecule has 1 aliphatic rings. The lowest BCUT2D eigenvalue weighted by Gasteiger charge is -2.16. The van der Waals surface area contributed by atoms with E-state index in [9.17, 15) is 4.79 Å². The van der Waals surface area contributed by atoms with Crippen LogP contribution in [0.4, 0.5) is 17.3 Å². The Kier molecular flexibility index (Phi) is 6.23. The highest BCUT2D eigenvalue weighted by Crippen LogP contribution is 2.25. The van der Waals surface area contributed by atoms with Gasteiger partial charge in [-0.3, -0.25) is 4.79 Å². The number of nitrogens with one attached hydrogen (secondary N) is 3. The average molecular weight is 392 g/mol. The fourth-order valence-electron chi connectivity index (χ4n) is 2.89. The topological polar surface area (TPSA) is 101 Å². The van der Waals surface area contributed by atoms with Crippen LogP contribution in [0.1, 0.15) is 28.3 Å². The third-order valence-corrected chi connectivity index (χ3v) is 4.21. The summed E-state index contributed by atoms with van der Waals surface area (Å²) in [6.45, 7) is 3.74. The molecular weight excluding hydrogens is 368 g/mol. The summed E-state index contributed by atoms with van der Waals surface area (Å²) in [5.74, 6) is 2.46. The third-order valence-electron chi connectivity index (χ3n) is 4.21. The van der Waals surface area contributed by atoms with Gasteiger partial charge in [-0.1, -0.05) is 12.2 Å². The summed E-state index contributed by atoms with van der Waals surface area (Å²) in [7, 11) is 3.23. The molecule has 2 aromatic heterocycles. The third kappa shape index (κ3) is 5.19. The van der Waals surface area contributed by atoms with Gasteiger partial charge in [0.2, 0.25) is 0 Å². The fraction of sp³-hybridized carbons (Fsp3) is 0.238. The highest BCUT2D eigenvalue weighted by atomic mass is 16.5. The molecule has 8 nitrogen and oxygen atoms in total. The smallest absolute Gasteiger partial charge is 0.254 e. The first-order chi connectivity index (χ1) is 14.0. The minimum Gasteiger partial charge on any atom is -0.501 e. The number of methoxy groups -OCH3 is 1. The number of anilines is 3. The zero-order valence-electron chi connectivity index (χ0n) is 16.9. The van der Waals surface area contributed by atoms with Gasteiger partial charge in [-0.2, -0.15) is 0 Å². The van der Waals surface area contributed by atoms with Crippen molar-refractivity contribution in [2.75, 3.05) is 24.8 Å². The number of carbonyl (C=O) groups is 1. The van der Waals surface area contributed by atoms with Crippen molar-refractivity contribution in [3.8, 4) is 0 Å². The number of nitrogens with zero attached hydrogens (tertiary/aromatic N) is 3. The predicted octanol–water partition coefficient (Wildman–Crippen LogP) is 3.38. The molecule has 8 heteroatoms. The highest BCUT2D eigenvalue weighted by Gasteiger charge is 2.15. The Labute approximate surface area is 169 Å². The van der Waals surface area contributed by atoms with Gasteiger partial charge in [0.05, 0.1) is 18.4 Å². The number of hydrogen-bond donors (Lipinski definition) is 3. The van der Waals surface area contributed by atoms with Crippen LogP contribution in [0.15, 0.2) is 54.1 Å². The summed E-state index contributed by atoms with van der Waals surface area (Å²) in [5.41, 5.74) is 2.81. The van der Waals surface area contributed by atoms with Crippen LogP contribution >= 0.6 is 0 Å². The molecule has 2 aromatic rings. The SMILES string of the molecule is CNC(=O)c1cnc(Nc2cc(C)nc(C)n2)cc1NC1=CC=CC=C(OC)C1. The van der Waals surface area contributed by atoms with Crippen molar-refractivity contribution in [1.29, 1.82) is 0 Å². The van der Waals surface area contributed by atoms with E-state index < -0.39 is 0 Å². The van der Waals surface area contributed by atoms with Crippen LogP contribution < -0.4 is 16.0 Å². The first kappa shape index (κ1) is 20.1. The van der Waals surface area contributed by atoms with Crippen LogP contribution in [-0.4, -0.2) is 35.0 Å². The van der Waals surface area contributed by atoms with Gasteiger partial charge in [0.25, 0.3) is 5.91 Å². The average Bonchev–Trinajstić information content (AvgIpc) is 2.92. The molecule has 0 saturated heterocycles. The molecule has 0 bridgehead atoms. The predicted molar refractivity (Wildman–Crippen MR) is 113 cm³/mol. The molecule has 0 spiro atoms. The molecule has 0 atom stereocenters. The Morgan fingerprint density at radius 3 is 2.59 bits per heavy atom. The number of aromatic nitrogens is 3. The molecule has 3 rings (SSSR count).